The first-order valence-corrected chi connectivity index (χ1v) is 7.61. The fraction of sp³-hybridized carbons (Fsp3) is 0.533. The van der Waals surface area contributed by atoms with Crippen molar-refractivity contribution in [1.29, 1.82) is 0 Å². The maximum absolute atomic E-state index is 12.1. The number of halogens is 1. The molecule has 1 aromatic carbocycles. The number of aliphatic hydroxyl groups excluding tert-OH is 1. The molecular formula is C15H20BrNO2. The van der Waals surface area contributed by atoms with Crippen LogP contribution in [0.1, 0.15) is 24.8 Å². The van der Waals surface area contributed by atoms with E-state index in [2.05, 4.69) is 28.1 Å². The van der Waals surface area contributed by atoms with Crippen LogP contribution in [0.5, 0.6) is 0 Å². The molecule has 1 N–H and O–H groups in total. The van der Waals surface area contributed by atoms with E-state index in [-0.39, 0.29) is 12.5 Å². The molecule has 0 radical (unpaired) electrons. The maximum Gasteiger partial charge on any atom is 0.222 e. The van der Waals surface area contributed by atoms with Gasteiger partial charge in [0, 0.05) is 30.6 Å². The third-order valence-electron chi connectivity index (χ3n) is 3.74. The van der Waals surface area contributed by atoms with Crippen molar-refractivity contribution in [2.45, 2.75) is 25.7 Å². The summed E-state index contributed by atoms with van der Waals surface area (Å²) in [5.74, 6) is 0.616. The molecule has 0 atom stereocenters. The molecule has 104 valence electrons. The van der Waals surface area contributed by atoms with Gasteiger partial charge in [-0.1, -0.05) is 28.1 Å². The molecule has 19 heavy (non-hydrogen) atoms. The number of amides is 1. The summed E-state index contributed by atoms with van der Waals surface area (Å²) >= 11 is 3.44. The summed E-state index contributed by atoms with van der Waals surface area (Å²) in [5.41, 5.74) is 1.19. The molecule has 1 heterocycles. The van der Waals surface area contributed by atoms with E-state index in [9.17, 15) is 4.79 Å². The molecule has 1 saturated heterocycles. The summed E-state index contributed by atoms with van der Waals surface area (Å²) in [7, 11) is 0. The van der Waals surface area contributed by atoms with Crippen LogP contribution in [0.3, 0.4) is 0 Å². The Morgan fingerprint density at radius 3 is 2.74 bits per heavy atom. The topological polar surface area (TPSA) is 40.5 Å². The number of likely N-dealkylation sites (tertiary alicyclic amines) is 1. The molecule has 3 nitrogen and oxygen atoms in total. The second-order valence-electron chi connectivity index (χ2n) is 5.14. The first kappa shape index (κ1) is 14.5. The molecule has 2 rings (SSSR count). The lowest BCUT2D eigenvalue weighted by Crippen LogP contribution is -2.39. The van der Waals surface area contributed by atoms with E-state index in [1.165, 1.54) is 5.56 Å². The van der Waals surface area contributed by atoms with Crippen LogP contribution in [0.2, 0.25) is 0 Å². The van der Waals surface area contributed by atoms with Gasteiger partial charge >= 0.3 is 0 Å². The van der Waals surface area contributed by atoms with Crippen molar-refractivity contribution in [2.24, 2.45) is 5.92 Å². The molecule has 0 aromatic heterocycles. The molecule has 1 aromatic rings. The molecule has 0 saturated carbocycles. The largest absolute Gasteiger partial charge is 0.396 e. The van der Waals surface area contributed by atoms with Crippen LogP contribution in [0.4, 0.5) is 0 Å². The normalized spacial score (nSPS) is 16.6. The highest BCUT2D eigenvalue weighted by Crippen LogP contribution is 2.18. The van der Waals surface area contributed by atoms with Crippen LogP contribution in [0, 0.1) is 5.92 Å². The highest BCUT2D eigenvalue weighted by molar-refractivity contribution is 9.10. The number of aliphatic hydroxyl groups is 1. The Morgan fingerprint density at radius 1 is 1.37 bits per heavy atom. The Bertz CT molecular complexity index is 428. The van der Waals surface area contributed by atoms with Crippen molar-refractivity contribution in [1.82, 2.24) is 4.90 Å². The van der Waals surface area contributed by atoms with Gasteiger partial charge in [0.15, 0.2) is 0 Å². The minimum absolute atomic E-state index is 0.233. The Morgan fingerprint density at radius 2 is 2.11 bits per heavy atom. The maximum atomic E-state index is 12.1. The summed E-state index contributed by atoms with van der Waals surface area (Å²) in [6.07, 6.45) is 3.22. The third-order valence-corrected chi connectivity index (χ3v) is 4.24. The van der Waals surface area contributed by atoms with E-state index in [4.69, 9.17) is 5.11 Å². The van der Waals surface area contributed by atoms with Gasteiger partial charge in [0.25, 0.3) is 0 Å². The van der Waals surface area contributed by atoms with Crippen LogP contribution >= 0.6 is 15.9 Å². The van der Waals surface area contributed by atoms with Gasteiger partial charge in [0.1, 0.15) is 0 Å². The van der Waals surface area contributed by atoms with Gasteiger partial charge < -0.3 is 10.0 Å². The zero-order valence-electron chi connectivity index (χ0n) is 11.0. The number of carbonyl (C=O) groups is 1. The molecule has 0 bridgehead atoms. The van der Waals surface area contributed by atoms with Crippen LogP contribution in [-0.4, -0.2) is 35.6 Å². The molecule has 0 spiro atoms. The molecule has 1 amide bonds. The zero-order chi connectivity index (χ0) is 13.7. The molecule has 1 aliphatic rings. The third kappa shape index (κ3) is 4.32. The zero-order valence-corrected chi connectivity index (χ0v) is 12.6. The molecule has 1 fully saturated rings. The number of rotatable bonds is 4. The SMILES string of the molecule is O=C(CCc1cccc(Br)c1)N1CCC(CO)CC1. The molecule has 0 unspecified atom stereocenters. The predicted octanol–water partition coefficient (Wildman–Crippen LogP) is 2.61. The minimum atomic E-state index is 0.233. The van der Waals surface area contributed by atoms with Crippen LogP contribution in [-0.2, 0) is 11.2 Å². The van der Waals surface area contributed by atoms with Crippen molar-refractivity contribution in [2.75, 3.05) is 19.7 Å². The summed E-state index contributed by atoms with van der Waals surface area (Å²) in [5, 5.41) is 9.09. The first-order valence-electron chi connectivity index (χ1n) is 6.82. The number of benzene rings is 1. The standard InChI is InChI=1S/C15H20BrNO2/c16-14-3-1-2-12(10-14)4-5-15(19)17-8-6-13(11-18)7-9-17/h1-3,10,13,18H,4-9,11H2. The second-order valence-corrected chi connectivity index (χ2v) is 6.05. The fourth-order valence-electron chi connectivity index (χ4n) is 2.47. The van der Waals surface area contributed by atoms with E-state index in [1.54, 1.807) is 0 Å². The number of hydrogen-bond acceptors (Lipinski definition) is 2. The fourth-order valence-corrected chi connectivity index (χ4v) is 2.91. The minimum Gasteiger partial charge on any atom is -0.396 e. The average Bonchev–Trinajstić information content (AvgIpc) is 2.45. The summed E-state index contributed by atoms with van der Waals surface area (Å²) < 4.78 is 1.06. The van der Waals surface area contributed by atoms with Crippen LogP contribution < -0.4 is 0 Å². The first-order chi connectivity index (χ1) is 9.19. The van der Waals surface area contributed by atoms with Crippen LogP contribution in [0.25, 0.3) is 0 Å². The van der Waals surface area contributed by atoms with Crippen molar-refractivity contribution in [3.05, 3.63) is 34.3 Å². The van der Waals surface area contributed by atoms with Gasteiger partial charge in [-0.15, -0.1) is 0 Å². The van der Waals surface area contributed by atoms with Crippen molar-refractivity contribution in [3.8, 4) is 0 Å². The van der Waals surface area contributed by atoms with Gasteiger partial charge in [0.05, 0.1) is 0 Å². The van der Waals surface area contributed by atoms with Crippen LogP contribution in [0.15, 0.2) is 28.7 Å². The lowest BCUT2D eigenvalue weighted by molar-refractivity contribution is -0.132. The lowest BCUT2D eigenvalue weighted by Gasteiger charge is -2.31. The molecule has 4 heteroatoms. The Kier molecular flexibility index (Phi) is 5.40. The average molecular weight is 326 g/mol. The van der Waals surface area contributed by atoms with E-state index < -0.39 is 0 Å². The summed E-state index contributed by atoms with van der Waals surface area (Å²) in [4.78, 5) is 14.0. The number of carbonyl (C=O) groups excluding carboxylic acids is 1. The highest BCUT2D eigenvalue weighted by atomic mass is 79.9. The quantitative estimate of drug-likeness (QED) is 0.924. The monoisotopic (exact) mass is 325 g/mol. The Hall–Kier alpha value is -0.870. The van der Waals surface area contributed by atoms with E-state index in [1.807, 2.05) is 17.0 Å². The van der Waals surface area contributed by atoms with E-state index in [0.29, 0.717) is 12.3 Å². The number of piperidine rings is 1. The molecule has 0 aliphatic carbocycles. The van der Waals surface area contributed by atoms with Gasteiger partial charge in [0.2, 0.25) is 5.91 Å². The Balaban J connectivity index is 1.79. The van der Waals surface area contributed by atoms with E-state index in [0.717, 1.165) is 36.8 Å². The van der Waals surface area contributed by atoms with Crippen molar-refractivity contribution < 1.29 is 9.90 Å². The number of aryl methyl sites for hydroxylation is 1. The van der Waals surface area contributed by atoms with Gasteiger partial charge in [-0.25, -0.2) is 0 Å². The van der Waals surface area contributed by atoms with Gasteiger partial charge in [-0.2, -0.15) is 0 Å². The van der Waals surface area contributed by atoms with E-state index >= 15 is 0 Å². The molecular weight excluding hydrogens is 306 g/mol. The smallest absolute Gasteiger partial charge is 0.222 e. The van der Waals surface area contributed by atoms with Crippen molar-refractivity contribution >= 4 is 21.8 Å². The second kappa shape index (κ2) is 7.06. The predicted molar refractivity (Wildman–Crippen MR) is 78.9 cm³/mol. The Labute approximate surface area is 122 Å². The highest BCUT2D eigenvalue weighted by Gasteiger charge is 2.21. The van der Waals surface area contributed by atoms with Gasteiger partial charge in [-0.05, 0) is 42.9 Å². The summed E-state index contributed by atoms with van der Waals surface area (Å²) in [6, 6.07) is 8.10. The number of hydrogen-bond donors (Lipinski definition) is 1. The summed E-state index contributed by atoms with van der Waals surface area (Å²) in [6.45, 7) is 1.84. The number of nitrogens with zero attached hydrogens (tertiary/aromatic N) is 1. The van der Waals surface area contributed by atoms with Crippen molar-refractivity contribution in [3.63, 3.8) is 0 Å². The lowest BCUT2D eigenvalue weighted by atomic mass is 9.97. The van der Waals surface area contributed by atoms with Gasteiger partial charge in [-0.3, -0.25) is 4.79 Å². The molecule has 1 aliphatic heterocycles.